The predicted molar refractivity (Wildman–Crippen MR) is 113 cm³/mol. The molecule has 0 radical (unpaired) electrons. The molecule has 0 spiro atoms. The molecule has 0 bridgehead atoms. The van der Waals surface area contributed by atoms with Crippen LogP contribution in [0.2, 0.25) is 0 Å². The van der Waals surface area contributed by atoms with Gasteiger partial charge >= 0.3 is 0 Å². The molecule has 8 nitrogen and oxygen atoms in total. The Kier molecular flexibility index (Phi) is 6.07. The molecule has 2 heterocycles. The second kappa shape index (κ2) is 8.16. The minimum atomic E-state index is -3.08. The molecule has 164 valence electrons. The van der Waals surface area contributed by atoms with E-state index in [-0.39, 0.29) is 5.75 Å². The summed E-state index contributed by atoms with van der Waals surface area (Å²) in [6.45, 7) is 2.84. The van der Waals surface area contributed by atoms with E-state index in [0.29, 0.717) is 0 Å². The molecule has 1 aliphatic rings. The molecule has 3 N–H and O–H groups in total. The molecular formula is C22H23NO7S. The summed E-state index contributed by atoms with van der Waals surface area (Å²) in [5, 5.41) is 33.3. The van der Waals surface area contributed by atoms with Crippen LogP contribution >= 0.6 is 11.8 Å². The highest BCUT2D eigenvalue weighted by Gasteiger charge is 2.75. The minimum Gasteiger partial charge on any atom is -0.476 e. The first-order chi connectivity index (χ1) is 14.5. The second-order valence-corrected chi connectivity index (χ2v) is 8.56. The van der Waals surface area contributed by atoms with Crippen LogP contribution in [0, 0.1) is 0 Å². The zero-order valence-electron chi connectivity index (χ0n) is 17.2. The maximum absolute atomic E-state index is 12.5. The number of pyridine rings is 1. The van der Waals surface area contributed by atoms with Crippen molar-refractivity contribution in [3.8, 4) is 17.0 Å². The summed E-state index contributed by atoms with van der Waals surface area (Å²) in [5.74, 6) is -3.30. The first-order valence-electron chi connectivity index (χ1n) is 9.48. The molecule has 0 saturated carbocycles. The zero-order chi connectivity index (χ0) is 23.0. The minimum absolute atomic E-state index is 0.246. The van der Waals surface area contributed by atoms with Gasteiger partial charge in [-0.25, -0.2) is 0 Å². The van der Waals surface area contributed by atoms with E-state index in [4.69, 9.17) is 4.74 Å². The number of hydrogen-bond donors (Lipinski definition) is 3. The van der Waals surface area contributed by atoms with Crippen LogP contribution in [0.4, 0.5) is 0 Å². The predicted octanol–water partition coefficient (Wildman–Crippen LogP) is 1.16. The molecule has 1 saturated heterocycles. The lowest BCUT2D eigenvalue weighted by Crippen LogP contribution is -2.82. The van der Waals surface area contributed by atoms with Gasteiger partial charge in [0.1, 0.15) is 5.75 Å². The molecule has 1 aromatic carbocycles. The van der Waals surface area contributed by atoms with Crippen molar-refractivity contribution in [3.63, 3.8) is 0 Å². The van der Waals surface area contributed by atoms with E-state index in [1.54, 1.807) is 36.5 Å². The molecule has 1 aliphatic heterocycles. The van der Waals surface area contributed by atoms with E-state index >= 15 is 0 Å². The topological polar surface area (TPSA) is 134 Å². The lowest BCUT2D eigenvalue weighted by molar-refractivity contribution is -0.236. The molecule has 2 aromatic rings. The van der Waals surface area contributed by atoms with Crippen LogP contribution in [-0.4, -0.2) is 65.6 Å². The number of rotatable bonds is 6. The van der Waals surface area contributed by atoms with Crippen molar-refractivity contribution in [2.24, 2.45) is 0 Å². The standard InChI is InChI=1S/C22H23NO7S/c1-13(24)20(27)12-31-19(21(28,14(2)25)22(20,29)15(3)26)30-17-9-7-16(8-10-17)18-6-4-5-11-23-18/h4-11,19,27-29H,12H2,1-3H3/t19-,20-,21-,22-/m0/s1. The third kappa shape index (κ3) is 3.47. The molecule has 1 fully saturated rings. The number of thioether (sulfide) groups is 1. The average Bonchev–Trinajstić information content (AvgIpc) is 2.74. The van der Waals surface area contributed by atoms with Gasteiger partial charge in [0.25, 0.3) is 0 Å². The van der Waals surface area contributed by atoms with Gasteiger partial charge < -0.3 is 20.1 Å². The Hall–Kier alpha value is -2.59. The maximum atomic E-state index is 12.5. The number of ketones is 3. The van der Waals surface area contributed by atoms with Crippen LogP contribution in [0.25, 0.3) is 11.3 Å². The van der Waals surface area contributed by atoms with Gasteiger partial charge in [0.05, 0.1) is 5.69 Å². The van der Waals surface area contributed by atoms with Crippen LogP contribution in [0.15, 0.2) is 48.7 Å². The van der Waals surface area contributed by atoms with Gasteiger partial charge in [0.15, 0.2) is 34.0 Å². The van der Waals surface area contributed by atoms with E-state index in [9.17, 15) is 29.7 Å². The molecule has 4 atom stereocenters. The van der Waals surface area contributed by atoms with Crippen LogP contribution in [0.5, 0.6) is 5.75 Å². The Labute approximate surface area is 183 Å². The Morgan fingerprint density at radius 2 is 1.61 bits per heavy atom. The van der Waals surface area contributed by atoms with E-state index < -0.39 is 45.3 Å². The van der Waals surface area contributed by atoms with Gasteiger partial charge in [-0.15, -0.1) is 11.8 Å². The van der Waals surface area contributed by atoms with Gasteiger partial charge in [0.2, 0.25) is 5.60 Å². The Morgan fingerprint density at radius 3 is 2.10 bits per heavy atom. The number of hydrogen-bond acceptors (Lipinski definition) is 9. The molecule has 0 aliphatic carbocycles. The number of benzene rings is 1. The highest BCUT2D eigenvalue weighted by atomic mass is 32.2. The number of ether oxygens (including phenoxy) is 1. The van der Waals surface area contributed by atoms with Crippen LogP contribution in [0.3, 0.4) is 0 Å². The number of carbonyl (C=O) groups excluding carboxylic acids is 3. The van der Waals surface area contributed by atoms with Gasteiger partial charge in [-0.1, -0.05) is 6.07 Å². The Morgan fingerprint density at radius 1 is 0.968 bits per heavy atom. The first-order valence-corrected chi connectivity index (χ1v) is 10.5. The fourth-order valence-corrected chi connectivity index (χ4v) is 5.29. The summed E-state index contributed by atoms with van der Waals surface area (Å²) in [7, 11) is 0. The highest BCUT2D eigenvalue weighted by molar-refractivity contribution is 8.00. The lowest BCUT2D eigenvalue weighted by Gasteiger charge is -2.54. The summed E-state index contributed by atoms with van der Waals surface area (Å²) in [6.07, 6.45) is 1.66. The van der Waals surface area contributed by atoms with E-state index in [0.717, 1.165) is 43.8 Å². The smallest absolute Gasteiger partial charge is 0.208 e. The highest BCUT2D eigenvalue weighted by Crippen LogP contribution is 2.49. The molecule has 3 rings (SSSR count). The van der Waals surface area contributed by atoms with Crippen LogP contribution in [0.1, 0.15) is 20.8 Å². The fraction of sp³-hybridized carbons (Fsp3) is 0.364. The molecule has 31 heavy (non-hydrogen) atoms. The average molecular weight is 445 g/mol. The molecule has 0 amide bonds. The monoisotopic (exact) mass is 445 g/mol. The third-order valence-electron chi connectivity index (χ3n) is 5.62. The molecule has 0 unspecified atom stereocenters. The Bertz CT molecular complexity index is 1010. The van der Waals surface area contributed by atoms with Crippen molar-refractivity contribution in [3.05, 3.63) is 48.7 Å². The van der Waals surface area contributed by atoms with Gasteiger partial charge in [-0.05, 0) is 57.2 Å². The van der Waals surface area contributed by atoms with Crippen molar-refractivity contribution in [2.75, 3.05) is 5.75 Å². The van der Waals surface area contributed by atoms with Crippen molar-refractivity contribution < 1.29 is 34.4 Å². The number of nitrogens with zero attached hydrogens (tertiary/aromatic N) is 1. The van der Waals surface area contributed by atoms with Gasteiger partial charge in [-0.3, -0.25) is 19.4 Å². The van der Waals surface area contributed by atoms with Crippen molar-refractivity contribution in [1.82, 2.24) is 4.98 Å². The number of carbonyl (C=O) groups is 3. The zero-order valence-corrected chi connectivity index (χ0v) is 18.0. The van der Waals surface area contributed by atoms with Gasteiger partial charge in [0, 0.05) is 17.5 Å². The number of aliphatic hydroxyl groups is 3. The molecular weight excluding hydrogens is 422 g/mol. The largest absolute Gasteiger partial charge is 0.476 e. The van der Waals surface area contributed by atoms with E-state index in [1.807, 2.05) is 12.1 Å². The number of aromatic nitrogens is 1. The van der Waals surface area contributed by atoms with Crippen molar-refractivity contribution in [2.45, 2.75) is 43.0 Å². The van der Waals surface area contributed by atoms with Crippen molar-refractivity contribution in [1.29, 1.82) is 0 Å². The van der Waals surface area contributed by atoms with Crippen LogP contribution in [-0.2, 0) is 14.4 Å². The quantitative estimate of drug-likeness (QED) is 0.599. The molecule has 1 aromatic heterocycles. The van der Waals surface area contributed by atoms with E-state index in [1.165, 1.54) is 0 Å². The SMILES string of the molecule is CC(=O)[C@]1(O)[C@@](O)(C(C)=O)CS[C@H](Oc2ccc(-c3ccccn3)cc2)[C@@]1(O)C(C)=O. The summed E-state index contributed by atoms with van der Waals surface area (Å²) < 4.78 is 5.78. The summed E-state index contributed by atoms with van der Waals surface area (Å²) in [5.41, 5.74) is -8.54. The van der Waals surface area contributed by atoms with E-state index in [2.05, 4.69) is 4.98 Å². The lowest BCUT2D eigenvalue weighted by atomic mass is 9.65. The number of Topliss-reactive ketones (excluding diaryl/α,β-unsaturated/α-hetero) is 3. The maximum Gasteiger partial charge on any atom is 0.208 e. The fourth-order valence-electron chi connectivity index (χ4n) is 3.72. The second-order valence-electron chi connectivity index (χ2n) is 7.51. The van der Waals surface area contributed by atoms with Crippen LogP contribution < -0.4 is 4.74 Å². The van der Waals surface area contributed by atoms with Gasteiger partial charge in [-0.2, -0.15) is 0 Å². The summed E-state index contributed by atoms with van der Waals surface area (Å²) >= 11 is 0.760. The Balaban J connectivity index is 1.99. The first kappa shape index (κ1) is 23.1. The summed E-state index contributed by atoms with van der Waals surface area (Å²) in [6, 6.07) is 12.1. The summed E-state index contributed by atoms with van der Waals surface area (Å²) in [4.78, 5) is 41.3. The molecule has 9 heteroatoms. The van der Waals surface area contributed by atoms with Crippen molar-refractivity contribution >= 4 is 29.1 Å². The third-order valence-corrected chi connectivity index (χ3v) is 6.95. The normalized spacial score (nSPS) is 30.5.